The van der Waals surface area contributed by atoms with Gasteiger partial charge in [0, 0.05) is 17.1 Å². The number of thiophene rings is 1. The van der Waals surface area contributed by atoms with E-state index in [2.05, 4.69) is 22.9 Å². The fourth-order valence-electron chi connectivity index (χ4n) is 3.42. The standard InChI is InChI=1S/C25H27N3O3S2/c1-5-16(2)26-25(29)20-13-22(28(17(20)3)24-7-6-12-32-24)21-15-33-23(27-21)14-31-19-10-8-18(30-4)9-11-19/h6-13,15-16H,5,14H2,1-4H3,(H,26,29). The molecular weight excluding hydrogens is 454 g/mol. The van der Waals surface area contributed by atoms with Crippen LogP contribution in [0.5, 0.6) is 11.5 Å². The summed E-state index contributed by atoms with van der Waals surface area (Å²) in [6.45, 7) is 6.43. The number of hydrogen-bond acceptors (Lipinski definition) is 6. The molecule has 0 radical (unpaired) electrons. The summed E-state index contributed by atoms with van der Waals surface area (Å²) in [5.74, 6) is 1.49. The van der Waals surface area contributed by atoms with E-state index in [-0.39, 0.29) is 11.9 Å². The molecule has 4 rings (SSSR count). The molecule has 33 heavy (non-hydrogen) atoms. The smallest absolute Gasteiger partial charge is 0.253 e. The SMILES string of the molecule is CCC(C)NC(=O)c1cc(-c2csc(COc3ccc(OC)cc3)n2)n(-c2cccs2)c1C. The third-order valence-corrected chi connectivity index (χ3v) is 7.12. The number of methoxy groups -OCH3 is 1. The van der Waals surface area contributed by atoms with Crippen LogP contribution in [0.1, 0.15) is 41.3 Å². The molecular formula is C25H27N3O3S2. The Labute approximate surface area is 201 Å². The van der Waals surface area contributed by atoms with Crippen molar-refractivity contribution in [3.05, 3.63) is 69.5 Å². The number of rotatable bonds is 9. The monoisotopic (exact) mass is 481 g/mol. The van der Waals surface area contributed by atoms with Gasteiger partial charge in [0.2, 0.25) is 0 Å². The lowest BCUT2D eigenvalue weighted by molar-refractivity contribution is 0.0938. The van der Waals surface area contributed by atoms with Crippen molar-refractivity contribution in [2.45, 2.75) is 39.8 Å². The fraction of sp³-hybridized carbons (Fsp3) is 0.280. The highest BCUT2D eigenvalue weighted by atomic mass is 32.1. The Balaban J connectivity index is 1.60. The van der Waals surface area contributed by atoms with E-state index in [0.717, 1.165) is 45.0 Å². The maximum Gasteiger partial charge on any atom is 0.253 e. The largest absolute Gasteiger partial charge is 0.497 e. The van der Waals surface area contributed by atoms with Crippen LogP contribution in [0.15, 0.2) is 53.2 Å². The maximum absolute atomic E-state index is 12.9. The molecule has 1 aromatic carbocycles. The molecule has 8 heteroatoms. The first-order valence-electron chi connectivity index (χ1n) is 10.8. The molecule has 0 spiro atoms. The molecule has 0 saturated carbocycles. The van der Waals surface area contributed by atoms with Gasteiger partial charge in [0.25, 0.3) is 5.91 Å². The van der Waals surface area contributed by atoms with Gasteiger partial charge in [0.1, 0.15) is 23.1 Å². The highest BCUT2D eigenvalue weighted by Crippen LogP contribution is 2.32. The van der Waals surface area contributed by atoms with E-state index in [9.17, 15) is 4.79 Å². The molecule has 1 N–H and O–H groups in total. The van der Waals surface area contributed by atoms with Crippen molar-refractivity contribution in [2.75, 3.05) is 7.11 Å². The molecule has 0 aliphatic rings. The lowest BCUT2D eigenvalue weighted by Gasteiger charge is -2.11. The van der Waals surface area contributed by atoms with Gasteiger partial charge < -0.3 is 19.4 Å². The molecule has 1 unspecified atom stereocenters. The van der Waals surface area contributed by atoms with Gasteiger partial charge in [-0.05, 0) is 68.1 Å². The summed E-state index contributed by atoms with van der Waals surface area (Å²) in [7, 11) is 1.64. The third kappa shape index (κ3) is 5.12. The number of nitrogens with zero attached hydrogens (tertiary/aromatic N) is 2. The average molecular weight is 482 g/mol. The normalized spacial score (nSPS) is 11.9. The van der Waals surface area contributed by atoms with Crippen molar-refractivity contribution in [1.82, 2.24) is 14.9 Å². The van der Waals surface area contributed by atoms with E-state index in [4.69, 9.17) is 14.5 Å². The van der Waals surface area contributed by atoms with Crippen LogP contribution >= 0.6 is 22.7 Å². The summed E-state index contributed by atoms with van der Waals surface area (Å²) in [4.78, 5) is 17.8. The average Bonchev–Trinajstić information content (AvgIpc) is 3.57. The highest BCUT2D eigenvalue weighted by molar-refractivity contribution is 7.12. The van der Waals surface area contributed by atoms with E-state index in [0.29, 0.717) is 12.2 Å². The number of aromatic nitrogens is 2. The number of carbonyl (C=O) groups is 1. The fourth-order valence-corrected chi connectivity index (χ4v) is 4.92. The Morgan fingerprint density at radius 3 is 2.61 bits per heavy atom. The lowest BCUT2D eigenvalue weighted by Crippen LogP contribution is -2.32. The number of nitrogens with one attached hydrogen (secondary N) is 1. The van der Waals surface area contributed by atoms with E-state index < -0.39 is 0 Å². The van der Waals surface area contributed by atoms with Crippen molar-refractivity contribution in [3.8, 4) is 27.9 Å². The van der Waals surface area contributed by atoms with Crippen LogP contribution < -0.4 is 14.8 Å². The third-order valence-electron chi connectivity index (χ3n) is 5.44. The second kappa shape index (κ2) is 10.2. The van der Waals surface area contributed by atoms with E-state index in [1.54, 1.807) is 29.8 Å². The topological polar surface area (TPSA) is 65.4 Å². The first-order chi connectivity index (χ1) is 16.0. The zero-order valence-corrected chi connectivity index (χ0v) is 20.8. The highest BCUT2D eigenvalue weighted by Gasteiger charge is 2.22. The van der Waals surface area contributed by atoms with Gasteiger partial charge in [-0.3, -0.25) is 4.79 Å². The van der Waals surface area contributed by atoms with Gasteiger partial charge in [-0.2, -0.15) is 0 Å². The molecule has 6 nitrogen and oxygen atoms in total. The molecule has 172 valence electrons. The van der Waals surface area contributed by atoms with Crippen LogP contribution in [0.2, 0.25) is 0 Å². The molecule has 0 aliphatic heterocycles. The van der Waals surface area contributed by atoms with Gasteiger partial charge in [-0.1, -0.05) is 6.92 Å². The van der Waals surface area contributed by atoms with Crippen LogP contribution in [0.25, 0.3) is 16.4 Å². The van der Waals surface area contributed by atoms with Gasteiger partial charge in [0.05, 0.1) is 29.1 Å². The number of hydrogen-bond donors (Lipinski definition) is 1. The number of amides is 1. The molecule has 4 aromatic rings. The zero-order chi connectivity index (χ0) is 23.4. The summed E-state index contributed by atoms with van der Waals surface area (Å²) in [5.41, 5.74) is 3.30. The first kappa shape index (κ1) is 23.1. The molecule has 1 amide bonds. The number of thiazole rings is 1. The Kier molecular flexibility index (Phi) is 7.15. The molecule has 3 aromatic heterocycles. The van der Waals surface area contributed by atoms with Crippen molar-refractivity contribution in [2.24, 2.45) is 0 Å². The van der Waals surface area contributed by atoms with Gasteiger partial charge in [-0.15, -0.1) is 22.7 Å². The van der Waals surface area contributed by atoms with Crippen molar-refractivity contribution in [1.29, 1.82) is 0 Å². The second-order valence-corrected chi connectivity index (χ2v) is 9.56. The molecule has 0 fully saturated rings. The maximum atomic E-state index is 12.9. The summed E-state index contributed by atoms with van der Waals surface area (Å²) < 4.78 is 13.2. The Morgan fingerprint density at radius 2 is 1.94 bits per heavy atom. The first-order valence-corrected chi connectivity index (χ1v) is 12.5. The predicted molar refractivity (Wildman–Crippen MR) is 134 cm³/mol. The van der Waals surface area contributed by atoms with Crippen LogP contribution in [-0.2, 0) is 6.61 Å². The molecule has 0 bridgehead atoms. The van der Waals surface area contributed by atoms with Gasteiger partial charge in [0.15, 0.2) is 0 Å². The van der Waals surface area contributed by atoms with Gasteiger partial charge >= 0.3 is 0 Å². The summed E-state index contributed by atoms with van der Waals surface area (Å²) in [6, 6.07) is 13.6. The molecule has 1 atom stereocenters. The summed E-state index contributed by atoms with van der Waals surface area (Å²) in [5, 5.41) is 9.04. The second-order valence-electron chi connectivity index (χ2n) is 7.69. The summed E-state index contributed by atoms with van der Waals surface area (Å²) in [6.07, 6.45) is 0.882. The number of carbonyl (C=O) groups excluding carboxylic acids is 1. The van der Waals surface area contributed by atoms with Crippen molar-refractivity contribution >= 4 is 28.6 Å². The molecule has 0 aliphatic carbocycles. The van der Waals surface area contributed by atoms with Crippen LogP contribution in [-0.4, -0.2) is 28.6 Å². The minimum absolute atomic E-state index is 0.0586. The predicted octanol–water partition coefficient (Wildman–Crippen LogP) is 6.09. The zero-order valence-electron chi connectivity index (χ0n) is 19.1. The van der Waals surface area contributed by atoms with Crippen molar-refractivity contribution < 1.29 is 14.3 Å². The number of benzene rings is 1. The molecule has 0 saturated heterocycles. The minimum Gasteiger partial charge on any atom is -0.497 e. The van der Waals surface area contributed by atoms with E-state index in [1.807, 2.05) is 61.0 Å². The van der Waals surface area contributed by atoms with Crippen LogP contribution in [0.3, 0.4) is 0 Å². The van der Waals surface area contributed by atoms with Crippen LogP contribution in [0, 0.1) is 6.92 Å². The van der Waals surface area contributed by atoms with Gasteiger partial charge in [-0.25, -0.2) is 4.98 Å². The Morgan fingerprint density at radius 1 is 1.18 bits per heavy atom. The summed E-state index contributed by atoms with van der Waals surface area (Å²) >= 11 is 3.18. The quantitative estimate of drug-likeness (QED) is 0.314. The molecule has 3 heterocycles. The Bertz CT molecular complexity index is 1210. The van der Waals surface area contributed by atoms with Crippen LogP contribution in [0.4, 0.5) is 0 Å². The number of ether oxygens (including phenoxy) is 2. The van der Waals surface area contributed by atoms with Crippen molar-refractivity contribution in [3.63, 3.8) is 0 Å². The lowest BCUT2D eigenvalue weighted by atomic mass is 10.2. The minimum atomic E-state index is -0.0586. The van der Waals surface area contributed by atoms with E-state index in [1.165, 1.54) is 0 Å². The van der Waals surface area contributed by atoms with E-state index >= 15 is 0 Å². The Hall–Kier alpha value is -3.10.